The number of hydrogen-bond acceptors (Lipinski definition) is 3. The van der Waals surface area contributed by atoms with Crippen molar-refractivity contribution in [2.45, 2.75) is 38.0 Å². The minimum absolute atomic E-state index is 0.0919. The van der Waals surface area contributed by atoms with E-state index in [1.807, 2.05) is 12.3 Å². The Morgan fingerprint density at radius 1 is 1.47 bits per heavy atom. The van der Waals surface area contributed by atoms with Crippen LogP contribution in [0.2, 0.25) is 0 Å². The molecule has 17 heavy (non-hydrogen) atoms. The van der Waals surface area contributed by atoms with Crippen LogP contribution < -0.4 is 0 Å². The number of esters is 1. The van der Waals surface area contributed by atoms with Crippen LogP contribution in [-0.4, -0.2) is 18.1 Å². The predicted molar refractivity (Wildman–Crippen MR) is 65.6 cm³/mol. The number of ether oxygens (including phenoxy) is 1. The molecule has 2 rings (SSSR count). The van der Waals surface area contributed by atoms with Crippen LogP contribution in [-0.2, 0) is 9.53 Å². The molecular formula is C14H19NO2. The first-order valence-corrected chi connectivity index (χ1v) is 6.28. The van der Waals surface area contributed by atoms with Gasteiger partial charge in [0, 0.05) is 18.8 Å². The molecule has 0 aromatic carbocycles. The molecular weight excluding hydrogens is 214 g/mol. The molecule has 0 saturated heterocycles. The second kappa shape index (κ2) is 5.80. The lowest BCUT2D eigenvalue weighted by molar-refractivity contribution is -0.142. The number of nitrogens with zero attached hydrogens (tertiary/aromatic N) is 1. The largest absolute Gasteiger partial charge is 0.469 e. The monoisotopic (exact) mass is 233 g/mol. The Labute approximate surface area is 102 Å². The molecule has 1 aromatic rings. The van der Waals surface area contributed by atoms with Crippen molar-refractivity contribution < 1.29 is 9.53 Å². The normalized spacial score (nSPS) is 24.3. The minimum Gasteiger partial charge on any atom is -0.469 e. The lowest BCUT2D eigenvalue weighted by atomic mass is 9.74. The first kappa shape index (κ1) is 12.1. The summed E-state index contributed by atoms with van der Waals surface area (Å²) in [4.78, 5) is 15.6. The molecule has 0 spiro atoms. The van der Waals surface area contributed by atoms with E-state index in [-0.39, 0.29) is 5.97 Å². The number of rotatable bonds is 3. The van der Waals surface area contributed by atoms with Crippen molar-refractivity contribution in [3.05, 3.63) is 30.1 Å². The zero-order chi connectivity index (χ0) is 12.1. The molecule has 0 bridgehead atoms. The maximum Gasteiger partial charge on any atom is 0.305 e. The van der Waals surface area contributed by atoms with Gasteiger partial charge in [0.15, 0.2) is 0 Å². The third kappa shape index (κ3) is 3.05. The quantitative estimate of drug-likeness (QED) is 0.753. The Hall–Kier alpha value is -1.38. The minimum atomic E-state index is -0.0919. The van der Waals surface area contributed by atoms with Gasteiger partial charge in [0.05, 0.1) is 7.11 Å². The fourth-order valence-electron chi connectivity index (χ4n) is 2.78. The van der Waals surface area contributed by atoms with Gasteiger partial charge >= 0.3 is 5.97 Å². The average Bonchev–Trinajstić information content (AvgIpc) is 2.40. The SMILES string of the molecule is COC(=O)CC1CCCCC1c1cccnc1. The van der Waals surface area contributed by atoms with Crippen molar-refractivity contribution in [1.82, 2.24) is 4.98 Å². The molecule has 0 aliphatic heterocycles. The molecule has 0 radical (unpaired) electrons. The summed E-state index contributed by atoms with van der Waals surface area (Å²) in [6.45, 7) is 0. The highest BCUT2D eigenvalue weighted by Gasteiger charge is 2.28. The lowest BCUT2D eigenvalue weighted by Gasteiger charge is -2.31. The highest BCUT2D eigenvalue weighted by molar-refractivity contribution is 5.69. The number of aromatic nitrogens is 1. The molecule has 2 atom stereocenters. The summed E-state index contributed by atoms with van der Waals surface area (Å²) in [5.41, 5.74) is 1.26. The van der Waals surface area contributed by atoms with Crippen molar-refractivity contribution in [3.8, 4) is 0 Å². The van der Waals surface area contributed by atoms with Crippen LogP contribution in [0.5, 0.6) is 0 Å². The highest BCUT2D eigenvalue weighted by Crippen LogP contribution is 2.39. The zero-order valence-corrected chi connectivity index (χ0v) is 10.3. The summed E-state index contributed by atoms with van der Waals surface area (Å²) in [6, 6.07) is 4.09. The van der Waals surface area contributed by atoms with Gasteiger partial charge in [-0.2, -0.15) is 0 Å². The molecule has 1 aliphatic rings. The van der Waals surface area contributed by atoms with Gasteiger partial charge in [0.1, 0.15) is 0 Å². The van der Waals surface area contributed by atoms with Crippen LogP contribution in [0.1, 0.15) is 43.6 Å². The Kier molecular flexibility index (Phi) is 4.13. The fraction of sp³-hybridized carbons (Fsp3) is 0.571. The Morgan fingerprint density at radius 2 is 2.29 bits per heavy atom. The standard InChI is InChI=1S/C14H19NO2/c1-17-14(16)9-11-5-2-3-7-13(11)12-6-4-8-15-10-12/h4,6,8,10-11,13H,2-3,5,7,9H2,1H3. The van der Waals surface area contributed by atoms with Gasteiger partial charge in [-0.05, 0) is 36.3 Å². The molecule has 1 aliphatic carbocycles. The van der Waals surface area contributed by atoms with Crippen molar-refractivity contribution in [1.29, 1.82) is 0 Å². The zero-order valence-electron chi connectivity index (χ0n) is 10.3. The first-order valence-electron chi connectivity index (χ1n) is 6.28. The highest BCUT2D eigenvalue weighted by atomic mass is 16.5. The Balaban J connectivity index is 2.09. The number of carbonyl (C=O) groups is 1. The van der Waals surface area contributed by atoms with E-state index < -0.39 is 0 Å². The van der Waals surface area contributed by atoms with Crippen molar-refractivity contribution in [2.24, 2.45) is 5.92 Å². The van der Waals surface area contributed by atoms with Crippen molar-refractivity contribution in [3.63, 3.8) is 0 Å². The molecule has 2 unspecified atom stereocenters. The first-order chi connectivity index (χ1) is 8.31. The van der Waals surface area contributed by atoms with Gasteiger partial charge in [0.25, 0.3) is 0 Å². The summed E-state index contributed by atoms with van der Waals surface area (Å²) in [7, 11) is 1.46. The summed E-state index contributed by atoms with van der Waals surface area (Å²) < 4.78 is 4.78. The van der Waals surface area contributed by atoms with E-state index in [0.29, 0.717) is 18.3 Å². The molecule has 0 amide bonds. The van der Waals surface area contributed by atoms with Gasteiger partial charge in [-0.1, -0.05) is 18.9 Å². The summed E-state index contributed by atoms with van der Waals surface area (Å²) >= 11 is 0. The maximum absolute atomic E-state index is 11.4. The Morgan fingerprint density at radius 3 is 3.00 bits per heavy atom. The molecule has 1 heterocycles. The molecule has 1 fully saturated rings. The summed E-state index contributed by atoms with van der Waals surface area (Å²) in [5, 5.41) is 0. The molecule has 1 aromatic heterocycles. The van der Waals surface area contributed by atoms with Crippen LogP contribution in [0, 0.1) is 5.92 Å². The Bertz CT molecular complexity index is 364. The van der Waals surface area contributed by atoms with Crippen LogP contribution in [0.4, 0.5) is 0 Å². The van der Waals surface area contributed by atoms with Gasteiger partial charge in [-0.25, -0.2) is 0 Å². The second-order valence-corrected chi connectivity index (χ2v) is 4.72. The van der Waals surface area contributed by atoms with Crippen molar-refractivity contribution in [2.75, 3.05) is 7.11 Å². The van der Waals surface area contributed by atoms with E-state index in [1.165, 1.54) is 25.5 Å². The average molecular weight is 233 g/mol. The molecule has 92 valence electrons. The van der Waals surface area contributed by atoms with E-state index >= 15 is 0 Å². The van der Waals surface area contributed by atoms with Gasteiger partial charge in [-0.3, -0.25) is 9.78 Å². The van der Waals surface area contributed by atoms with E-state index in [4.69, 9.17) is 4.74 Å². The predicted octanol–water partition coefficient (Wildman–Crippen LogP) is 2.92. The topological polar surface area (TPSA) is 39.2 Å². The van der Waals surface area contributed by atoms with E-state index in [2.05, 4.69) is 11.1 Å². The fourth-order valence-corrected chi connectivity index (χ4v) is 2.78. The smallest absolute Gasteiger partial charge is 0.305 e. The van der Waals surface area contributed by atoms with Crippen LogP contribution >= 0.6 is 0 Å². The summed E-state index contributed by atoms with van der Waals surface area (Å²) in [6.07, 6.45) is 9.01. The number of methoxy groups -OCH3 is 1. The molecule has 3 heteroatoms. The molecule has 0 N–H and O–H groups in total. The van der Waals surface area contributed by atoms with Crippen LogP contribution in [0.25, 0.3) is 0 Å². The number of carbonyl (C=O) groups excluding carboxylic acids is 1. The molecule has 1 saturated carbocycles. The van der Waals surface area contributed by atoms with Crippen LogP contribution in [0.3, 0.4) is 0 Å². The van der Waals surface area contributed by atoms with Crippen LogP contribution in [0.15, 0.2) is 24.5 Å². The second-order valence-electron chi connectivity index (χ2n) is 4.72. The third-order valence-electron chi connectivity index (χ3n) is 3.68. The van der Waals surface area contributed by atoms with E-state index in [1.54, 1.807) is 6.20 Å². The van der Waals surface area contributed by atoms with Gasteiger partial charge in [-0.15, -0.1) is 0 Å². The van der Waals surface area contributed by atoms with E-state index in [9.17, 15) is 4.79 Å². The molecule has 3 nitrogen and oxygen atoms in total. The third-order valence-corrected chi connectivity index (χ3v) is 3.68. The van der Waals surface area contributed by atoms with Gasteiger partial charge in [0.2, 0.25) is 0 Å². The van der Waals surface area contributed by atoms with Crippen molar-refractivity contribution >= 4 is 5.97 Å². The number of pyridine rings is 1. The van der Waals surface area contributed by atoms with Gasteiger partial charge < -0.3 is 4.74 Å². The number of hydrogen-bond donors (Lipinski definition) is 0. The van der Waals surface area contributed by atoms with E-state index in [0.717, 1.165) is 12.8 Å². The maximum atomic E-state index is 11.4. The summed E-state index contributed by atoms with van der Waals surface area (Å²) in [5.74, 6) is 0.794. The lowest BCUT2D eigenvalue weighted by Crippen LogP contribution is -2.21.